The molecule has 1 aromatic rings. The predicted molar refractivity (Wildman–Crippen MR) is 79.4 cm³/mol. The van der Waals surface area contributed by atoms with Crippen molar-refractivity contribution in [3.8, 4) is 11.5 Å². The monoisotopic (exact) mass is 330 g/mol. The molecule has 0 heterocycles. The van der Waals surface area contributed by atoms with Crippen molar-refractivity contribution in [1.29, 1.82) is 0 Å². The lowest BCUT2D eigenvalue weighted by Gasteiger charge is -2.09. The number of carbonyl (C=O) groups is 1. The molecule has 0 saturated carbocycles. The molecule has 18 heavy (non-hydrogen) atoms. The van der Waals surface area contributed by atoms with Gasteiger partial charge in [0.2, 0.25) is 0 Å². The molecule has 0 aliphatic heterocycles. The fourth-order valence-corrected chi connectivity index (χ4v) is 2.27. The van der Waals surface area contributed by atoms with Crippen LogP contribution in [0.2, 0.25) is 0 Å². The Morgan fingerprint density at radius 1 is 1.33 bits per heavy atom. The zero-order valence-electron chi connectivity index (χ0n) is 10.5. The average Bonchev–Trinajstić information content (AvgIpc) is 2.35. The van der Waals surface area contributed by atoms with Gasteiger partial charge in [-0.1, -0.05) is 23.9 Å². The lowest BCUT2D eigenvalue weighted by molar-refractivity contribution is -0.109. The topological polar surface area (TPSA) is 35.5 Å². The molecule has 1 rings (SSSR count). The highest BCUT2D eigenvalue weighted by atomic mass is 79.9. The van der Waals surface area contributed by atoms with Crippen molar-refractivity contribution in [1.82, 2.24) is 0 Å². The van der Waals surface area contributed by atoms with Gasteiger partial charge in [0, 0.05) is 18.2 Å². The van der Waals surface area contributed by atoms with Crippen molar-refractivity contribution < 1.29 is 14.3 Å². The van der Waals surface area contributed by atoms with E-state index in [0.29, 0.717) is 5.75 Å². The van der Waals surface area contributed by atoms with Gasteiger partial charge in [-0.3, -0.25) is 4.79 Å². The van der Waals surface area contributed by atoms with E-state index in [9.17, 15) is 4.79 Å². The summed E-state index contributed by atoms with van der Waals surface area (Å²) in [6.07, 6.45) is 3.85. The van der Waals surface area contributed by atoms with E-state index in [1.807, 2.05) is 24.3 Å². The maximum Gasteiger partial charge on any atom is 0.186 e. The highest BCUT2D eigenvalue weighted by Gasteiger charge is 2.07. The van der Waals surface area contributed by atoms with Gasteiger partial charge >= 0.3 is 0 Å². The first-order chi connectivity index (χ1) is 8.58. The second kappa shape index (κ2) is 7.48. The Kier molecular flexibility index (Phi) is 6.29. The highest BCUT2D eigenvalue weighted by Crippen LogP contribution is 2.33. The zero-order valence-corrected chi connectivity index (χ0v) is 12.9. The molecule has 0 atom stereocenters. The summed E-state index contributed by atoms with van der Waals surface area (Å²) in [5.41, 5.74) is 0.918. The van der Waals surface area contributed by atoms with Crippen molar-refractivity contribution in [2.24, 2.45) is 0 Å². The van der Waals surface area contributed by atoms with E-state index in [-0.39, 0.29) is 5.12 Å². The van der Waals surface area contributed by atoms with Gasteiger partial charge in [-0.2, -0.15) is 0 Å². The number of methoxy groups -OCH3 is 2. The van der Waals surface area contributed by atoms with Crippen LogP contribution in [0.5, 0.6) is 11.5 Å². The minimum atomic E-state index is 0.111. The van der Waals surface area contributed by atoms with Crippen LogP contribution in [0.1, 0.15) is 12.5 Å². The smallest absolute Gasteiger partial charge is 0.186 e. The predicted octanol–water partition coefficient (Wildman–Crippen LogP) is 3.76. The van der Waals surface area contributed by atoms with E-state index in [1.165, 1.54) is 11.8 Å². The van der Waals surface area contributed by atoms with Gasteiger partial charge in [-0.05, 0) is 28.1 Å². The summed E-state index contributed by atoms with van der Waals surface area (Å²) >= 11 is 4.68. The summed E-state index contributed by atoms with van der Waals surface area (Å²) in [4.78, 5) is 10.8. The molecule has 0 saturated heterocycles. The lowest BCUT2D eigenvalue weighted by Crippen LogP contribution is -1.91. The zero-order chi connectivity index (χ0) is 13.5. The maximum absolute atomic E-state index is 10.8. The van der Waals surface area contributed by atoms with Crippen LogP contribution < -0.4 is 9.47 Å². The van der Waals surface area contributed by atoms with Gasteiger partial charge in [0.25, 0.3) is 0 Å². The van der Waals surface area contributed by atoms with Crippen LogP contribution in [0.15, 0.2) is 22.7 Å². The summed E-state index contributed by atoms with van der Waals surface area (Å²) in [7, 11) is 3.24. The third-order valence-electron chi connectivity index (χ3n) is 2.18. The van der Waals surface area contributed by atoms with Gasteiger partial charge in [0.1, 0.15) is 11.5 Å². The molecule has 0 aliphatic carbocycles. The Balaban J connectivity index is 2.89. The Morgan fingerprint density at radius 2 is 2.00 bits per heavy atom. The number of halogens is 1. The molecule has 3 nitrogen and oxygen atoms in total. The minimum absolute atomic E-state index is 0.111. The standard InChI is InChI=1S/C13H15BrO3S/c1-9(15)18-6-4-5-10-7-13(17-3)11(14)8-12(10)16-2/h4-5,7-8H,6H2,1-3H3. The number of hydrogen-bond donors (Lipinski definition) is 0. The molecule has 0 fully saturated rings. The molecule has 0 aliphatic rings. The third kappa shape index (κ3) is 4.38. The van der Waals surface area contributed by atoms with Crippen LogP contribution >= 0.6 is 27.7 Å². The van der Waals surface area contributed by atoms with Crippen molar-refractivity contribution >= 4 is 38.9 Å². The molecule has 98 valence electrons. The first-order valence-corrected chi connectivity index (χ1v) is 7.07. The van der Waals surface area contributed by atoms with Crippen molar-refractivity contribution in [2.45, 2.75) is 6.92 Å². The lowest BCUT2D eigenvalue weighted by atomic mass is 10.2. The molecule has 5 heteroatoms. The number of thioether (sulfide) groups is 1. The second-order valence-electron chi connectivity index (χ2n) is 3.43. The molecule has 0 bridgehead atoms. The Bertz CT molecular complexity index is 458. The SMILES string of the molecule is COc1cc(C=CCSC(C)=O)c(OC)cc1Br. The van der Waals surface area contributed by atoms with Crippen LogP contribution in [0.25, 0.3) is 6.08 Å². The average molecular weight is 331 g/mol. The summed E-state index contributed by atoms with van der Waals surface area (Å²) < 4.78 is 11.4. The largest absolute Gasteiger partial charge is 0.496 e. The first kappa shape index (κ1) is 15.1. The quantitative estimate of drug-likeness (QED) is 0.823. The number of hydrogen-bond acceptors (Lipinski definition) is 4. The summed E-state index contributed by atoms with van der Waals surface area (Å²) in [6, 6.07) is 3.74. The number of carbonyl (C=O) groups excluding carboxylic acids is 1. The summed E-state index contributed by atoms with van der Waals surface area (Å²) in [5, 5.41) is 0.111. The van der Waals surface area contributed by atoms with Crippen LogP contribution in [0.3, 0.4) is 0 Å². The Labute approximate surface area is 120 Å². The van der Waals surface area contributed by atoms with Gasteiger partial charge in [-0.25, -0.2) is 0 Å². The van der Waals surface area contributed by atoms with Crippen LogP contribution in [-0.4, -0.2) is 25.1 Å². The third-order valence-corrected chi connectivity index (χ3v) is 3.57. The van der Waals surface area contributed by atoms with Gasteiger partial charge in [-0.15, -0.1) is 0 Å². The molecule has 0 aromatic heterocycles. The van der Waals surface area contributed by atoms with E-state index in [2.05, 4.69) is 15.9 Å². The van der Waals surface area contributed by atoms with Crippen molar-refractivity contribution in [2.75, 3.05) is 20.0 Å². The fraction of sp³-hybridized carbons (Fsp3) is 0.308. The second-order valence-corrected chi connectivity index (χ2v) is 5.48. The van der Waals surface area contributed by atoms with E-state index in [0.717, 1.165) is 21.5 Å². The van der Waals surface area contributed by atoms with E-state index in [1.54, 1.807) is 21.1 Å². The van der Waals surface area contributed by atoms with Crippen LogP contribution in [0, 0.1) is 0 Å². The molecule has 0 amide bonds. The van der Waals surface area contributed by atoms with Gasteiger partial charge < -0.3 is 9.47 Å². The van der Waals surface area contributed by atoms with Crippen LogP contribution in [-0.2, 0) is 4.79 Å². The number of rotatable bonds is 5. The molecule has 0 N–H and O–H groups in total. The highest BCUT2D eigenvalue weighted by molar-refractivity contribution is 9.10. The van der Waals surface area contributed by atoms with E-state index >= 15 is 0 Å². The first-order valence-electron chi connectivity index (χ1n) is 5.30. The number of ether oxygens (including phenoxy) is 2. The molecule has 0 unspecified atom stereocenters. The fourth-order valence-electron chi connectivity index (χ4n) is 1.35. The molecule has 0 radical (unpaired) electrons. The molecule has 1 aromatic carbocycles. The normalized spacial score (nSPS) is 10.7. The molecule has 0 spiro atoms. The molecular formula is C13H15BrO3S. The summed E-state index contributed by atoms with van der Waals surface area (Å²) in [6.45, 7) is 1.56. The van der Waals surface area contributed by atoms with Gasteiger partial charge in [0.15, 0.2) is 5.12 Å². The van der Waals surface area contributed by atoms with E-state index < -0.39 is 0 Å². The maximum atomic E-state index is 10.8. The Morgan fingerprint density at radius 3 is 2.56 bits per heavy atom. The van der Waals surface area contributed by atoms with Crippen molar-refractivity contribution in [3.63, 3.8) is 0 Å². The minimum Gasteiger partial charge on any atom is -0.496 e. The van der Waals surface area contributed by atoms with E-state index in [4.69, 9.17) is 9.47 Å². The Hall–Kier alpha value is -0.940. The van der Waals surface area contributed by atoms with Gasteiger partial charge in [0.05, 0.1) is 18.7 Å². The van der Waals surface area contributed by atoms with Crippen molar-refractivity contribution in [3.05, 3.63) is 28.2 Å². The molecular weight excluding hydrogens is 316 g/mol. The summed E-state index contributed by atoms with van der Waals surface area (Å²) in [5.74, 6) is 2.15. The number of benzene rings is 1. The van der Waals surface area contributed by atoms with Crippen LogP contribution in [0.4, 0.5) is 0 Å².